The van der Waals surface area contributed by atoms with Gasteiger partial charge in [0.25, 0.3) is 5.91 Å². The number of carbonyl (C=O) groups is 1. The van der Waals surface area contributed by atoms with E-state index in [9.17, 15) is 13.2 Å². The van der Waals surface area contributed by atoms with Gasteiger partial charge in [-0.25, -0.2) is 8.42 Å². The minimum Gasteiger partial charge on any atom is -0.380 e. The number of benzene rings is 3. The Balaban J connectivity index is 1.79. The Morgan fingerprint density at radius 2 is 1.71 bits per heavy atom. The van der Waals surface area contributed by atoms with Crippen LogP contribution in [0.2, 0.25) is 0 Å². The monoisotopic (exact) mass is 438 g/mol. The lowest BCUT2D eigenvalue weighted by Gasteiger charge is -2.23. The first kappa shape index (κ1) is 22.5. The van der Waals surface area contributed by atoms with Crippen LogP contribution in [0.3, 0.4) is 0 Å². The third kappa shape index (κ3) is 5.93. The van der Waals surface area contributed by atoms with E-state index in [1.54, 1.807) is 37.4 Å². The summed E-state index contributed by atoms with van der Waals surface area (Å²) in [7, 11) is -1.89. The van der Waals surface area contributed by atoms with Gasteiger partial charge in [-0.1, -0.05) is 36.4 Å². The zero-order chi connectivity index (χ0) is 22.4. The number of anilines is 2. The van der Waals surface area contributed by atoms with E-state index >= 15 is 0 Å². The van der Waals surface area contributed by atoms with E-state index in [2.05, 4.69) is 5.32 Å². The van der Waals surface area contributed by atoms with Crippen molar-refractivity contribution in [2.75, 3.05) is 23.0 Å². The number of carbonyl (C=O) groups excluding carboxylic acids is 1. The van der Waals surface area contributed by atoms with E-state index < -0.39 is 10.0 Å². The molecule has 0 fully saturated rings. The van der Waals surface area contributed by atoms with Gasteiger partial charge in [-0.05, 0) is 60.0 Å². The normalized spacial score (nSPS) is 11.2. The molecule has 0 aliphatic rings. The number of hydrogen-bond acceptors (Lipinski definition) is 4. The van der Waals surface area contributed by atoms with Gasteiger partial charge in [-0.15, -0.1) is 0 Å². The Bertz CT molecular complexity index is 1160. The van der Waals surface area contributed by atoms with Gasteiger partial charge in [0, 0.05) is 18.4 Å². The molecule has 3 rings (SSSR count). The number of amides is 1. The molecule has 0 spiro atoms. The van der Waals surface area contributed by atoms with Gasteiger partial charge in [-0.3, -0.25) is 9.10 Å². The van der Waals surface area contributed by atoms with Gasteiger partial charge in [0.15, 0.2) is 0 Å². The second-order valence-electron chi connectivity index (χ2n) is 7.33. The van der Waals surface area contributed by atoms with Crippen LogP contribution in [0.1, 0.15) is 27.0 Å². The highest BCUT2D eigenvalue weighted by Gasteiger charge is 2.19. The summed E-state index contributed by atoms with van der Waals surface area (Å²) in [6.07, 6.45) is 1.18. The second kappa shape index (κ2) is 9.76. The highest BCUT2D eigenvalue weighted by molar-refractivity contribution is 7.92. The number of rotatable bonds is 8. The van der Waals surface area contributed by atoms with Gasteiger partial charge in [0.1, 0.15) is 0 Å². The van der Waals surface area contributed by atoms with Crippen molar-refractivity contribution in [3.05, 3.63) is 95.1 Å². The topological polar surface area (TPSA) is 75.7 Å². The summed E-state index contributed by atoms with van der Waals surface area (Å²) < 4.78 is 31.3. The molecular formula is C24H26N2O4S. The summed E-state index contributed by atoms with van der Waals surface area (Å²) in [5.74, 6) is -0.272. The molecule has 0 atom stereocenters. The molecule has 0 bridgehead atoms. The molecule has 1 N–H and O–H groups in total. The van der Waals surface area contributed by atoms with E-state index in [-0.39, 0.29) is 12.5 Å². The van der Waals surface area contributed by atoms with Crippen LogP contribution >= 0.6 is 0 Å². The largest absolute Gasteiger partial charge is 0.380 e. The Labute approximate surface area is 183 Å². The molecule has 3 aromatic carbocycles. The summed E-state index contributed by atoms with van der Waals surface area (Å²) in [5.41, 5.74) is 4.50. The summed E-state index contributed by atoms with van der Waals surface area (Å²) in [6.45, 7) is 2.63. The van der Waals surface area contributed by atoms with E-state index in [1.165, 1.54) is 10.6 Å². The van der Waals surface area contributed by atoms with E-state index in [4.69, 9.17) is 4.74 Å². The number of hydrogen-bond donors (Lipinski definition) is 1. The van der Waals surface area contributed by atoms with Crippen molar-refractivity contribution < 1.29 is 17.9 Å². The molecule has 31 heavy (non-hydrogen) atoms. The first-order chi connectivity index (χ1) is 14.8. The van der Waals surface area contributed by atoms with Crippen molar-refractivity contribution in [2.24, 2.45) is 0 Å². The van der Waals surface area contributed by atoms with Gasteiger partial charge in [0.05, 0.1) is 25.1 Å². The van der Waals surface area contributed by atoms with Crippen molar-refractivity contribution in [3.63, 3.8) is 0 Å². The standard InChI is InChI=1S/C24H26N2O4S/c1-18-7-4-5-9-21(18)16-26(31(3,28)29)23-13-11-20(12-14-23)24(27)25-22-10-6-8-19(15-22)17-30-2/h4-15H,16-17H2,1-3H3,(H,25,27). The number of methoxy groups -OCH3 is 1. The predicted molar refractivity (Wildman–Crippen MR) is 124 cm³/mol. The lowest BCUT2D eigenvalue weighted by Crippen LogP contribution is -2.29. The zero-order valence-corrected chi connectivity index (χ0v) is 18.6. The summed E-state index contributed by atoms with van der Waals surface area (Å²) in [4.78, 5) is 12.6. The molecule has 3 aromatic rings. The van der Waals surface area contributed by atoms with Gasteiger partial charge >= 0.3 is 0 Å². The fourth-order valence-corrected chi connectivity index (χ4v) is 4.11. The molecule has 0 aromatic heterocycles. The zero-order valence-electron chi connectivity index (χ0n) is 17.8. The molecule has 6 nitrogen and oxygen atoms in total. The smallest absolute Gasteiger partial charge is 0.255 e. The third-order valence-corrected chi connectivity index (χ3v) is 6.03. The molecule has 0 saturated heterocycles. The minimum absolute atomic E-state index is 0.226. The number of sulfonamides is 1. The molecule has 0 heterocycles. The van der Waals surface area contributed by atoms with Gasteiger partial charge in [-0.2, -0.15) is 0 Å². The molecule has 0 radical (unpaired) electrons. The van der Waals surface area contributed by atoms with Crippen LogP contribution in [0.15, 0.2) is 72.8 Å². The molecule has 0 aliphatic carbocycles. The number of aryl methyl sites for hydroxylation is 1. The average molecular weight is 439 g/mol. The van der Waals surface area contributed by atoms with Crippen molar-refractivity contribution >= 4 is 27.3 Å². The maximum atomic E-state index is 12.6. The van der Waals surface area contributed by atoms with E-state index in [0.717, 1.165) is 16.7 Å². The highest BCUT2D eigenvalue weighted by atomic mass is 32.2. The summed E-state index contributed by atoms with van der Waals surface area (Å²) >= 11 is 0. The molecule has 1 amide bonds. The fourth-order valence-electron chi connectivity index (χ4n) is 3.23. The first-order valence-corrected chi connectivity index (χ1v) is 11.6. The Kier molecular flexibility index (Phi) is 7.09. The molecule has 0 aliphatic heterocycles. The fraction of sp³-hybridized carbons (Fsp3) is 0.208. The highest BCUT2D eigenvalue weighted by Crippen LogP contribution is 2.23. The van der Waals surface area contributed by atoms with Crippen molar-refractivity contribution in [1.82, 2.24) is 0 Å². The van der Waals surface area contributed by atoms with Crippen LogP contribution in [-0.4, -0.2) is 27.7 Å². The van der Waals surface area contributed by atoms with Crippen LogP contribution in [0, 0.1) is 6.92 Å². The Hall–Kier alpha value is -3.16. The number of ether oxygens (including phenoxy) is 1. The first-order valence-electron chi connectivity index (χ1n) is 9.79. The molecule has 0 unspecified atom stereocenters. The molecule has 7 heteroatoms. The Morgan fingerprint density at radius 3 is 2.35 bits per heavy atom. The second-order valence-corrected chi connectivity index (χ2v) is 9.24. The molecular weight excluding hydrogens is 412 g/mol. The lowest BCUT2D eigenvalue weighted by molar-refractivity contribution is 0.102. The van der Waals surface area contributed by atoms with Crippen LogP contribution < -0.4 is 9.62 Å². The minimum atomic E-state index is -3.50. The maximum absolute atomic E-state index is 12.6. The molecule has 0 saturated carbocycles. The van der Waals surface area contributed by atoms with E-state index in [0.29, 0.717) is 23.5 Å². The summed E-state index contributed by atoms with van der Waals surface area (Å²) in [6, 6.07) is 21.6. The van der Waals surface area contributed by atoms with Crippen molar-refractivity contribution in [3.8, 4) is 0 Å². The number of nitrogens with zero attached hydrogens (tertiary/aromatic N) is 1. The quantitative estimate of drug-likeness (QED) is 0.567. The molecule has 162 valence electrons. The number of nitrogens with one attached hydrogen (secondary N) is 1. The SMILES string of the molecule is COCc1cccc(NC(=O)c2ccc(N(Cc3ccccc3C)S(C)(=O)=O)cc2)c1. The average Bonchev–Trinajstić information content (AvgIpc) is 2.73. The van der Waals surface area contributed by atoms with E-state index in [1.807, 2.05) is 49.4 Å². The predicted octanol–water partition coefficient (Wildman–Crippen LogP) is 4.36. The van der Waals surface area contributed by atoms with Gasteiger partial charge < -0.3 is 10.1 Å². The van der Waals surface area contributed by atoms with Crippen molar-refractivity contribution in [2.45, 2.75) is 20.1 Å². The Morgan fingerprint density at radius 1 is 1.00 bits per heavy atom. The summed E-state index contributed by atoms with van der Waals surface area (Å²) in [5, 5.41) is 2.86. The lowest BCUT2D eigenvalue weighted by atomic mass is 10.1. The van der Waals surface area contributed by atoms with Crippen LogP contribution in [0.25, 0.3) is 0 Å². The maximum Gasteiger partial charge on any atom is 0.255 e. The van der Waals surface area contributed by atoms with Crippen LogP contribution in [-0.2, 0) is 27.9 Å². The van der Waals surface area contributed by atoms with Gasteiger partial charge in [0.2, 0.25) is 10.0 Å². The third-order valence-electron chi connectivity index (χ3n) is 4.89. The van der Waals surface area contributed by atoms with Crippen molar-refractivity contribution in [1.29, 1.82) is 0 Å². The van der Waals surface area contributed by atoms with Crippen LogP contribution in [0.4, 0.5) is 11.4 Å². The van der Waals surface area contributed by atoms with Crippen LogP contribution in [0.5, 0.6) is 0 Å².